The van der Waals surface area contributed by atoms with Gasteiger partial charge in [-0.15, -0.1) is 0 Å². The maximum Gasteiger partial charge on any atom is 0.239 e. The third-order valence-electron chi connectivity index (χ3n) is 1.75. The molecule has 0 aliphatic carbocycles. The van der Waals surface area contributed by atoms with Gasteiger partial charge in [0, 0.05) is 24.4 Å². The van der Waals surface area contributed by atoms with Crippen LogP contribution in [0.3, 0.4) is 0 Å². The van der Waals surface area contributed by atoms with Crippen LogP contribution in [-0.4, -0.2) is 16.6 Å². The molecule has 0 unspecified atom stereocenters. The highest BCUT2D eigenvalue weighted by Crippen LogP contribution is 1.97. The second-order valence-electron chi connectivity index (χ2n) is 2.83. The molecule has 14 heavy (non-hydrogen) atoms. The Balaban J connectivity index is 2.66. The molecule has 4 nitrogen and oxygen atoms in total. The van der Waals surface area contributed by atoms with E-state index in [4.69, 9.17) is 0 Å². The van der Waals surface area contributed by atoms with E-state index in [0.29, 0.717) is 6.42 Å². The van der Waals surface area contributed by atoms with Gasteiger partial charge in [0.2, 0.25) is 5.91 Å². The van der Waals surface area contributed by atoms with Crippen molar-refractivity contribution >= 4 is 11.6 Å². The molecule has 0 atom stereocenters. The second-order valence-corrected chi connectivity index (χ2v) is 2.83. The fraction of sp³-hybridized carbons (Fsp3) is 0.300. The van der Waals surface area contributed by atoms with Crippen molar-refractivity contribution in [2.45, 2.75) is 20.3 Å². The van der Waals surface area contributed by atoms with E-state index < -0.39 is 0 Å². The lowest BCUT2D eigenvalue weighted by molar-refractivity contribution is -0.120. The number of carbonyl (C=O) groups is 1. The highest BCUT2D eigenvalue weighted by atomic mass is 16.2. The third-order valence-corrected chi connectivity index (χ3v) is 1.75. The molecule has 1 aromatic heterocycles. The van der Waals surface area contributed by atoms with Crippen LogP contribution in [0.15, 0.2) is 29.6 Å². The number of hydrogen-bond donors (Lipinski definition) is 1. The van der Waals surface area contributed by atoms with E-state index in [-0.39, 0.29) is 5.91 Å². The fourth-order valence-corrected chi connectivity index (χ4v) is 0.867. The van der Waals surface area contributed by atoms with Gasteiger partial charge in [-0.2, -0.15) is 5.10 Å². The quantitative estimate of drug-likeness (QED) is 0.579. The van der Waals surface area contributed by atoms with Crippen molar-refractivity contribution in [3.05, 3.63) is 30.1 Å². The van der Waals surface area contributed by atoms with Gasteiger partial charge in [0.25, 0.3) is 0 Å². The fourth-order valence-electron chi connectivity index (χ4n) is 0.867. The normalized spacial score (nSPS) is 11.1. The molecule has 0 bridgehead atoms. The van der Waals surface area contributed by atoms with E-state index in [1.807, 2.05) is 19.1 Å². The van der Waals surface area contributed by atoms with Crippen molar-refractivity contribution in [3.63, 3.8) is 0 Å². The number of aromatic nitrogens is 1. The van der Waals surface area contributed by atoms with Crippen LogP contribution in [0.25, 0.3) is 0 Å². The Labute approximate surface area is 83.1 Å². The zero-order valence-electron chi connectivity index (χ0n) is 8.32. The highest BCUT2D eigenvalue weighted by Gasteiger charge is 1.97. The number of rotatable bonds is 3. The Hall–Kier alpha value is -1.71. The molecule has 1 amide bonds. The van der Waals surface area contributed by atoms with E-state index in [0.717, 1.165) is 11.3 Å². The monoisotopic (exact) mass is 191 g/mol. The molecule has 1 N–H and O–H groups in total. The van der Waals surface area contributed by atoms with Crippen molar-refractivity contribution in [2.24, 2.45) is 5.10 Å². The molecule has 0 saturated heterocycles. The van der Waals surface area contributed by atoms with E-state index in [9.17, 15) is 4.79 Å². The summed E-state index contributed by atoms with van der Waals surface area (Å²) in [5, 5.41) is 3.94. The van der Waals surface area contributed by atoms with E-state index in [1.165, 1.54) is 0 Å². The molecule has 0 aliphatic heterocycles. The summed E-state index contributed by atoms with van der Waals surface area (Å²) in [4.78, 5) is 14.9. The highest BCUT2D eigenvalue weighted by molar-refractivity contribution is 5.98. The average molecular weight is 191 g/mol. The summed E-state index contributed by atoms with van der Waals surface area (Å²) in [6.45, 7) is 3.61. The minimum absolute atomic E-state index is 0.0896. The number of hydrogen-bond acceptors (Lipinski definition) is 3. The summed E-state index contributed by atoms with van der Waals surface area (Å²) in [5.41, 5.74) is 4.11. The Bertz CT molecular complexity index is 332. The van der Waals surface area contributed by atoms with Crippen LogP contribution in [-0.2, 0) is 4.79 Å². The van der Waals surface area contributed by atoms with Crippen molar-refractivity contribution in [3.8, 4) is 0 Å². The molecule has 0 aromatic carbocycles. The van der Waals surface area contributed by atoms with Gasteiger partial charge in [-0.3, -0.25) is 9.78 Å². The molecule has 0 radical (unpaired) electrons. The summed E-state index contributed by atoms with van der Waals surface area (Å²) in [5.74, 6) is -0.0896. The minimum atomic E-state index is -0.0896. The predicted octanol–water partition coefficient (Wildman–Crippen LogP) is 1.33. The molecule has 1 rings (SSSR count). The standard InChI is InChI=1S/C10H13N3O/c1-3-10(14)13-12-8(2)9-5-4-6-11-7-9/h4-7H,3H2,1-2H3,(H,13,14). The Morgan fingerprint density at radius 1 is 1.64 bits per heavy atom. The molecular formula is C10H13N3O. The predicted molar refractivity (Wildman–Crippen MR) is 54.9 cm³/mol. The van der Waals surface area contributed by atoms with Gasteiger partial charge in [0.1, 0.15) is 0 Å². The molecule has 0 aliphatic rings. The van der Waals surface area contributed by atoms with Crippen LogP contribution in [0.1, 0.15) is 25.8 Å². The van der Waals surface area contributed by atoms with E-state index in [1.54, 1.807) is 19.3 Å². The summed E-state index contributed by atoms with van der Waals surface area (Å²) >= 11 is 0. The van der Waals surface area contributed by atoms with Crippen molar-refractivity contribution < 1.29 is 4.79 Å². The number of pyridine rings is 1. The lowest BCUT2D eigenvalue weighted by Gasteiger charge is -2.00. The van der Waals surface area contributed by atoms with Crippen LogP contribution in [0.4, 0.5) is 0 Å². The molecular weight excluding hydrogens is 178 g/mol. The van der Waals surface area contributed by atoms with E-state index in [2.05, 4.69) is 15.5 Å². The summed E-state index contributed by atoms with van der Waals surface area (Å²) in [7, 11) is 0. The van der Waals surface area contributed by atoms with Crippen LogP contribution in [0.5, 0.6) is 0 Å². The first-order valence-corrected chi connectivity index (χ1v) is 4.47. The molecule has 0 fully saturated rings. The number of nitrogens with one attached hydrogen (secondary N) is 1. The SMILES string of the molecule is CCC(=O)NN=C(C)c1cccnc1. The number of amides is 1. The smallest absolute Gasteiger partial charge is 0.239 e. The zero-order chi connectivity index (χ0) is 10.4. The van der Waals surface area contributed by atoms with Crippen LogP contribution < -0.4 is 5.43 Å². The molecule has 0 saturated carbocycles. The van der Waals surface area contributed by atoms with Gasteiger partial charge in [-0.05, 0) is 13.0 Å². The lowest BCUT2D eigenvalue weighted by Crippen LogP contribution is -2.17. The first kappa shape index (κ1) is 10.4. The maximum absolute atomic E-state index is 10.9. The second kappa shape index (κ2) is 5.11. The molecule has 1 heterocycles. The van der Waals surface area contributed by atoms with Gasteiger partial charge in [0.15, 0.2) is 0 Å². The van der Waals surface area contributed by atoms with E-state index >= 15 is 0 Å². The van der Waals surface area contributed by atoms with Crippen molar-refractivity contribution in [1.29, 1.82) is 0 Å². The van der Waals surface area contributed by atoms with Gasteiger partial charge >= 0.3 is 0 Å². The van der Waals surface area contributed by atoms with Gasteiger partial charge in [-0.1, -0.05) is 13.0 Å². The Kier molecular flexibility index (Phi) is 3.79. The first-order valence-electron chi connectivity index (χ1n) is 4.47. The summed E-state index contributed by atoms with van der Waals surface area (Å²) in [6, 6.07) is 3.72. The zero-order valence-corrected chi connectivity index (χ0v) is 8.32. The number of hydrazone groups is 1. The van der Waals surface area contributed by atoms with Gasteiger partial charge in [0.05, 0.1) is 5.71 Å². The molecule has 1 aromatic rings. The van der Waals surface area contributed by atoms with Gasteiger partial charge in [-0.25, -0.2) is 5.43 Å². The Morgan fingerprint density at radius 2 is 2.43 bits per heavy atom. The summed E-state index contributed by atoms with van der Waals surface area (Å²) < 4.78 is 0. The maximum atomic E-state index is 10.9. The first-order chi connectivity index (χ1) is 6.74. The van der Waals surface area contributed by atoms with Crippen LogP contribution >= 0.6 is 0 Å². The molecule has 0 spiro atoms. The lowest BCUT2D eigenvalue weighted by atomic mass is 10.2. The number of nitrogens with zero attached hydrogens (tertiary/aromatic N) is 2. The Morgan fingerprint density at radius 3 is 3.00 bits per heavy atom. The van der Waals surface area contributed by atoms with Crippen molar-refractivity contribution in [2.75, 3.05) is 0 Å². The molecule has 4 heteroatoms. The van der Waals surface area contributed by atoms with Crippen LogP contribution in [0.2, 0.25) is 0 Å². The summed E-state index contributed by atoms with van der Waals surface area (Å²) in [6.07, 6.45) is 3.84. The average Bonchev–Trinajstić information content (AvgIpc) is 2.26. The minimum Gasteiger partial charge on any atom is -0.273 e. The largest absolute Gasteiger partial charge is 0.273 e. The van der Waals surface area contributed by atoms with Gasteiger partial charge < -0.3 is 0 Å². The third kappa shape index (κ3) is 2.97. The van der Waals surface area contributed by atoms with Crippen LogP contribution in [0, 0.1) is 0 Å². The topological polar surface area (TPSA) is 54.4 Å². The number of carbonyl (C=O) groups excluding carboxylic acids is 1. The van der Waals surface area contributed by atoms with Crippen molar-refractivity contribution in [1.82, 2.24) is 10.4 Å². The molecule has 74 valence electrons.